The molecule has 1 aromatic heterocycles. The lowest BCUT2D eigenvalue weighted by molar-refractivity contribution is 0.558. The van der Waals surface area contributed by atoms with Crippen LogP contribution < -0.4 is 5.32 Å². The number of nitrogens with zero attached hydrogens (tertiary/aromatic N) is 1. The van der Waals surface area contributed by atoms with Crippen molar-refractivity contribution in [2.45, 2.75) is 19.4 Å². The van der Waals surface area contributed by atoms with Gasteiger partial charge in [0.25, 0.3) is 0 Å². The highest BCUT2D eigenvalue weighted by Gasteiger charge is 2.09. The van der Waals surface area contributed by atoms with Crippen LogP contribution in [0.1, 0.15) is 24.1 Å². The van der Waals surface area contributed by atoms with Gasteiger partial charge in [-0.2, -0.15) is 0 Å². The summed E-state index contributed by atoms with van der Waals surface area (Å²) in [7, 11) is 0. The van der Waals surface area contributed by atoms with Gasteiger partial charge >= 0.3 is 0 Å². The Hall–Kier alpha value is -1.45. The van der Waals surface area contributed by atoms with Crippen molar-refractivity contribution in [3.8, 4) is 0 Å². The molecule has 0 unspecified atom stereocenters. The zero-order chi connectivity index (χ0) is 13.7. The van der Waals surface area contributed by atoms with E-state index < -0.39 is 0 Å². The summed E-state index contributed by atoms with van der Waals surface area (Å²) in [5, 5.41) is 3.83. The highest BCUT2D eigenvalue weighted by Crippen LogP contribution is 2.19. The van der Waals surface area contributed by atoms with E-state index in [0.717, 1.165) is 11.1 Å². The molecule has 0 fully saturated rings. The highest BCUT2D eigenvalue weighted by atomic mass is 35.5. The van der Waals surface area contributed by atoms with Gasteiger partial charge in [0, 0.05) is 17.8 Å². The highest BCUT2D eigenvalue weighted by molar-refractivity contribution is 6.30. The van der Waals surface area contributed by atoms with E-state index in [1.807, 2.05) is 25.1 Å². The fraction of sp³-hybridized carbons (Fsp3) is 0.267. The van der Waals surface area contributed by atoms with Crippen LogP contribution in [0.15, 0.2) is 42.6 Å². The molecule has 100 valence electrons. The normalized spacial score (nSPS) is 12.4. The van der Waals surface area contributed by atoms with E-state index in [9.17, 15) is 4.39 Å². The number of hydrogen-bond donors (Lipinski definition) is 1. The zero-order valence-electron chi connectivity index (χ0n) is 10.7. The lowest BCUT2D eigenvalue weighted by atomic mass is 10.1. The smallest absolute Gasteiger partial charge is 0.133 e. The Morgan fingerprint density at radius 2 is 2.05 bits per heavy atom. The van der Waals surface area contributed by atoms with Crippen LogP contribution >= 0.6 is 11.6 Å². The van der Waals surface area contributed by atoms with E-state index in [0.29, 0.717) is 18.1 Å². The fourth-order valence-corrected chi connectivity index (χ4v) is 2.24. The Kier molecular flexibility index (Phi) is 4.88. The van der Waals surface area contributed by atoms with Gasteiger partial charge in [0.05, 0.1) is 0 Å². The second kappa shape index (κ2) is 6.64. The first kappa shape index (κ1) is 14.0. The summed E-state index contributed by atoms with van der Waals surface area (Å²) in [4.78, 5) is 4.05. The second-order valence-corrected chi connectivity index (χ2v) is 4.76. The Bertz CT molecular complexity index is 545. The Labute approximate surface area is 117 Å². The predicted octanol–water partition coefficient (Wildman–Crippen LogP) is 3.77. The molecule has 0 amide bonds. The third-order valence-corrected chi connectivity index (χ3v) is 3.37. The predicted molar refractivity (Wildman–Crippen MR) is 75.8 cm³/mol. The van der Waals surface area contributed by atoms with Crippen LogP contribution in [0.25, 0.3) is 0 Å². The Morgan fingerprint density at radius 3 is 2.79 bits per heavy atom. The van der Waals surface area contributed by atoms with Crippen molar-refractivity contribution in [3.05, 3.63) is 64.7 Å². The molecular formula is C15H16ClFN2. The first-order chi connectivity index (χ1) is 9.18. The fourth-order valence-electron chi connectivity index (χ4n) is 1.96. The molecule has 2 aromatic rings. The molecule has 0 aliphatic heterocycles. The van der Waals surface area contributed by atoms with Crippen LogP contribution in [0.4, 0.5) is 4.39 Å². The van der Waals surface area contributed by atoms with E-state index in [4.69, 9.17) is 11.6 Å². The minimum absolute atomic E-state index is 0.0907. The largest absolute Gasteiger partial charge is 0.310 e. The topological polar surface area (TPSA) is 24.9 Å². The van der Waals surface area contributed by atoms with Gasteiger partial charge in [0.2, 0.25) is 0 Å². The standard InChI is InChI=1S/C15H16ClFN2/c1-11(13-6-4-9-19-15(13)16)18-10-8-12-5-2-3-7-14(12)17/h2-7,9,11,18H,8,10H2,1H3/t11-/m1/s1. The van der Waals surface area contributed by atoms with Crippen molar-refractivity contribution >= 4 is 11.6 Å². The van der Waals surface area contributed by atoms with Gasteiger partial charge in [-0.1, -0.05) is 35.9 Å². The van der Waals surface area contributed by atoms with Crippen molar-refractivity contribution in [3.63, 3.8) is 0 Å². The van der Waals surface area contributed by atoms with Gasteiger partial charge < -0.3 is 5.32 Å². The van der Waals surface area contributed by atoms with E-state index in [1.165, 1.54) is 6.07 Å². The van der Waals surface area contributed by atoms with E-state index in [-0.39, 0.29) is 11.9 Å². The average molecular weight is 279 g/mol. The van der Waals surface area contributed by atoms with Gasteiger partial charge in [-0.3, -0.25) is 0 Å². The van der Waals surface area contributed by atoms with Crippen molar-refractivity contribution in [2.24, 2.45) is 0 Å². The minimum atomic E-state index is -0.156. The van der Waals surface area contributed by atoms with E-state index in [2.05, 4.69) is 10.3 Å². The number of hydrogen-bond acceptors (Lipinski definition) is 2. The van der Waals surface area contributed by atoms with Crippen LogP contribution in [0.3, 0.4) is 0 Å². The monoisotopic (exact) mass is 278 g/mol. The van der Waals surface area contributed by atoms with Gasteiger partial charge in [0.1, 0.15) is 11.0 Å². The van der Waals surface area contributed by atoms with E-state index in [1.54, 1.807) is 18.3 Å². The molecule has 0 aliphatic carbocycles. The maximum absolute atomic E-state index is 13.4. The quantitative estimate of drug-likeness (QED) is 0.842. The van der Waals surface area contributed by atoms with Crippen molar-refractivity contribution < 1.29 is 4.39 Å². The summed E-state index contributed by atoms with van der Waals surface area (Å²) >= 11 is 6.03. The summed E-state index contributed by atoms with van der Waals surface area (Å²) in [6, 6.07) is 10.7. The van der Waals surface area contributed by atoms with Crippen molar-refractivity contribution in [1.82, 2.24) is 10.3 Å². The third-order valence-electron chi connectivity index (χ3n) is 3.06. The molecule has 0 spiro atoms. The summed E-state index contributed by atoms with van der Waals surface area (Å²) in [6.45, 7) is 2.71. The van der Waals surface area contributed by atoms with Crippen LogP contribution in [0, 0.1) is 5.82 Å². The Morgan fingerprint density at radius 1 is 1.26 bits per heavy atom. The van der Waals surface area contributed by atoms with E-state index >= 15 is 0 Å². The van der Waals surface area contributed by atoms with Crippen LogP contribution in [-0.2, 0) is 6.42 Å². The molecule has 1 N–H and O–H groups in total. The Balaban J connectivity index is 1.90. The SMILES string of the molecule is C[C@@H](NCCc1ccccc1F)c1cccnc1Cl. The summed E-state index contributed by atoms with van der Waals surface area (Å²) < 4.78 is 13.4. The number of nitrogens with one attached hydrogen (secondary N) is 1. The van der Waals surface area contributed by atoms with Gasteiger partial charge in [-0.25, -0.2) is 9.37 Å². The zero-order valence-corrected chi connectivity index (χ0v) is 11.5. The molecule has 0 bridgehead atoms. The lowest BCUT2D eigenvalue weighted by Crippen LogP contribution is -2.22. The van der Waals surface area contributed by atoms with Crippen molar-refractivity contribution in [2.75, 3.05) is 6.54 Å². The minimum Gasteiger partial charge on any atom is -0.310 e. The third kappa shape index (κ3) is 3.75. The first-order valence-electron chi connectivity index (χ1n) is 6.25. The van der Waals surface area contributed by atoms with Crippen LogP contribution in [0.2, 0.25) is 5.15 Å². The molecule has 2 rings (SSSR count). The van der Waals surface area contributed by atoms with Gasteiger partial charge in [-0.15, -0.1) is 0 Å². The molecule has 0 radical (unpaired) electrons. The average Bonchev–Trinajstić information content (AvgIpc) is 2.41. The number of halogens is 2. The molecule has 4 heteroatoms. The molecule has 2 nitrogen and oxygen atoms in total. The van der Waals surface area contributed by atoms with Crippen molar-refractivity contribution in [1.29, 1.82) is 0 Å². The molecule has 1 atom stereocenters. The number of pyridine rings is 1. The summed E-state index contributed by atoms with van der Waals surface area (Å²) in [5.41, 5.74) is 1.68. The number of benzene rings is 1. The van der Waals surface area contributed by atoms with Gasteiger partial charge in [-0.05, 0) is 37.6 Å². The molecular weight excluding hydrogens is 263 g/mol. The number of aromatic nitrogens is 1. The summed E-state index contributed by atoms with van der Waals surface area (Å²) in [6.07, 6.45) is 2.31. The van der Waals surface area contributed by atoms with Gasteiger partial charge in [0.15, 0.2) is 0 Å². The molecule has 0 saturated heterocycles. The van der Waals surface area contributed by atoms with Crippen LogP contribution in [-0.4, -0.2) is 11.5 Å². The maximum Gasteiger partial charge on any atom is 0.133 e. The number of rotatable bonds is 5. The molecule has 1 aromatic carbocycles. The van der Waals surface area contributed by atoms with Crippen LogP contribution in [0.5, 0.6) is 0 Å². The molecule has 0 saturated carbocycles. The molecule has 1 heterocycles. The maximum atomic E-state index is 13.4. The summed E-state index contributed by atoms with van der Waals surface area (Å²) in [5.74, 6) is -0.156. The second-order valence-electron chi connectivity index (χ2n) is 4.40. The molecule has 0 aliphatic rings. The lowest BCUT2D eigenvalue weighted by Gasteiger charge is -2.15. The molecule has 19 heavy (non-hydrogen) atoms. The first-order valence-corrected chi connectivity index (χ1v) is 6.63.